The number of ketones is 1. The lowest BCUT2D eigenvalue weighted by molar-refractivity contribution is 0.101. The van der Waals surface area contributed by atoms with Crippen molar-refractivity contribution < 1.29 is 9.18 Å². The molecule has 0 bridgehead atoms. The maximum absolute atomic E-state index is 13.4. The summed E-state index contributed by atoms with van der Waals surface area (Å²) in [5, 5.41) is 12.4. The summed E-state index contributed by atoms with van der Waals surface area (Å²) in [5.74, 6) is 0.0714. The molecule has 0 N–H and O–H groups in total. The van der Waals surface area contributed by atoms with Crippen LogP contribution in [0.5, 0.6) is 0 Å². The standard InChI is InChI=1S/C19H19FN4O/c1-11-8-12(2)18(14(4)25)13(3)17(11)10-24-22-19(21-23-24)15-6-5-7-16(20)9-15/h5-9H,10H2,1-4H3. The highest BCUT2D eigenvalue weighted by atomic mass is 19.1. The van der Waals surface area contributed by atoms with E-state index in [9.17, 15) is 9.18 Å². The molecule has 5 nitrogen and oxygen atoms in total. The Morgan fingerprint density at radius 3 is 2.60 bits per heavy atom. The highest BCUT2D eigenvalue weighted by molar-refractivity contribution is 5.97. The van der Waals surface area contributed by atoms with Gasteiger partial charge in [-0.05, 0) is 67.3 Å². The van der Waals surface area contributed by atoms with Crippen molar-refractivity contribution in [3.8, 4) is 11.4 Å². The maximum Gasteiger partial charge on any atom is 0.205 e. The molecule has 0 fully saturated rings. The number of nitrogens with zero attached hydrogens (tertiary/aromatic N) is 4. The van der Waals surface area contributed by atoms with Crippen LogP contribution in [0.4, 0.5) is 4.39 Å². The van der Waals surface area contributed by atoms with Crippen LogP contribution in [0.2, 0.25) is 0 Å². The van der Waals surface area contributed by atoms with E-state index in [-0.39, 0.29) is 11.6 Å². The Bertz CT molecular complexity index is 962. The minimum Gasteiger partial charge on any atom is -0.294 e. The zero-order valence-corrected chi connectivity index (χ0v) is 14.7. The third kappa shape index (κ3) is 3.33. The fraction of sp³-hybridized carbons (Fsp3) is 0.263. The van der Waals surface area contributed by atoms with Gasteiger partial charge in [-0.25, -0.2) is 4.39 Å². The normalized spacial score (nSPS) is 10.9. The molecule has 0 radical (unpaired) electrons. The summed E-state index contributed by atoms with van der Waals surface area (Å²) >= 11 is 0. The predicted molar refractivity (Wildman–Crippen MR) is 93.0 cm³/mol. The summed E-state index contributed by atoms with van der Waals surface area (Å²) in [6.07, 6.45) is 0. The van der Waals surface area contributed by atoms with E-state index in [4.69, 9.17) is 0 Å². The molecule has 0 aliphatic carbocycles. The summed E-state index contributed by atoms with van der Waals surface area (Å²) in [7, 11) is 0. The van der Waals surface area contributed by atoms with Crippen molar-refractivity contribution in [3.05, 3.63) is 64.0 Å². The molecule has 128 valence electrons. The van der Waals surface area contributed by atoms with Gasteiger partial charge in [-0.1, -0.05) is 18.2 Å². The van der Waals surface area contributed by atoms with Gasteiger partial charge in [0.25, 0.3) is 0 Å². The first-order valence-corrected chi connectivity index (χ1v) is 8.01. The molecule has 25 heavy (non-hydrogen) atoms. The fourth-order valence-corrected chi connectivity index (χ4v) is 3.21. The van der Waals surface area contributed by atoms with Gasteiger partial charge >= 0.3 is 0 Å². The summed E-state index contributed by atoms with van der Waals surface area (Å²) in [4.78, 5) is 13.4. The van der Waals surface area contributed by atoms with Crippen LogP contribution in [-0.2, 0) is 6.54 Å². The Morgan fingerprint density at radius 2 is 1.92 bits per heavy atom. The topological polar surface area (TPSA) is 60.7 Å². The molecular weight excluding hydrogens is 319 g/mol. The SMILES string of the molecule is CC(=O)c1c(C)cc(C)c(Cn2nnc(-c3cccc(F)c3)n2)c1C. The zero-order chi connectivity index (χ0) is 18.1. The molecular formula is C19H19FN4O. The number of aromatic nitrogens is 4. The summed E-state index contributed by atoms with van der Waals surface area (Å²) < 4.78 is 13.4. The molecule has 0 saturated carbocycles. The van der Waals surface area contributed by atoms with Crippen LogP contribution in [0, 0.1) is 26.6 Å². The van der Waals surface area contributed by atoms with Crippen molar-refractivity contribution in [3.63, 3.8) is 0 Å². The number of hydrogen-bond acceptors (Lipinski definition) is 4. The van der Waals surface area contributed by atoms with E-state index in [0.29, 0.717) is 17.9 Å². The van der Waals surface area contributed by atoms with Gasteiger partial charge in [0.05, 0.1) is 6.54 Å². The number of aryl methyl sites for hydroxylation is 2. The van der Waals surface area contributed by atoms with E-state index in [1.807, 2.05) is 26.8 Å². The summed E-state index contributed by atoms with van der Waals surface area (Å²) in [6, 6.07) is 8.09. The predicted octanol–water partition coefficient (Wildman–Crippen LogP) is 3.66. The van der Waals surface area contributed by atoms with Crippen molar-refractivity contribution in [2.24, 2.45) is 0 Å². The molecule has 3 aromatic rings. The largest absolute Gasteiger partial charge is 0.294 e. The first kappa shape index (κ1) is 17.0. The van der Waals surface area contributed by atoms with Crippen LogP contribution < -0.4 is 0 Å². The second kappa shape index (κ2) is 6.55. The average molecular weight is 338 g/mol. The van der Waals surface area contributed by atoms with E-state index in [2.05, 4.69) is 15.4 Å². The fourth-order valence-electron chi connectivity index (χ4n) is 3.21. The highest BCUT2D eigenvalue weighted by Gasteiger charge is 2.16. The number of rotatable bonds is 4. The van der Waals surface area contributed by atoms with Crippen molar-refractivity contribution >= 4 is 5.78 Å². The first-order valence-electron chi connectivity index (χ1n) is 8.01. The minimum absolute atomic E-state index is 0.0447. The molecule has 0 atom stereocenters. The van der Waals surface area contributed by atoms with Crippen LogP contribution in [-0.4, -0.2) is 26.0 Å². The molecule has 0 saturated heterocycles. The second-order valence-corrected chi connectivity index (χ2v) is 6.20. The Hall–Kier alpha value is -2.89. The van der Waals surface area contributed by atoms with Crippen LogP contribution in [0.25, 0.3) is 11.4 Å². The van der Waals surface area contributed by atoms with Crippen molar-refractivity contribution in [2.45, 2.75) is 34.2 Å². The van der Waals surface area contributed by atoms with E-state index >= 15 is 0 Å². The van der Waals surface area contributed by atoms with Gasteiger partial charge in [-0.15, -0.1) is 10.2 Å². The van der Waals surface area contributed by atoms with Gasteiger partial charge < -0.3 is 0 Å². The van der Waals surface area contributed by atoms with Gasteiger partial charge in [0.1, 0.15) is 5.82 Å². The Labute approximate surface area is 145 Å². The molecule has 6 heteroatoms. The Balaban J connectivity index is 1.96. The van der Waals surface area contributed by atoms with Crippen molar-refractivity contribution in [1.82, 2.24) is 20.2 Å². The molecule has 1 heterocycles. The van der Waals surface area contributed by atoms with Crippen LogP contribution in [0.3, 0.4) is 0 Å². The van der Waals surface area contributed by atoms with Crippen LogP contribution in [0.1, 0.15) is 39.5 Å². The Morgan fingerprint density at radius 1 is 1.16 bits per heavy atom. The Kier molecular flexibility index (Phi) is 4.44. The van der Waals surface area contributed by atoms with Gasteiger partial charge in [0, 0.05) is 11.1 Å². The number of tetrazole rings is 1. The quantitative estimate of drug-likeness (QED) is 0.681. The molecule has 0 amide bonds. The lowest BCUT2D eigenvalue weighted by Crippen LogP contribution is -2.11. The molecule has 0 aliphatic rings. The zero-order valence-electron chi connectivity index (χ0n) is 14.7. The lowest BCUT2D eigenvalue weighted by atomic mass is 9.91. The van der Waals surface area contributed by atoms with Crippen LogP contribution in [0.15, 0.2) is 30.3 Å². The lowest BCUT2D eigenvalue weighted by Gasteiger charge is -2.15. The molecule has 0 aliphatic heterocycles. The van der Waals surface area contributed by atoms with E-state index < -0.39 is 0 Å². The second-order valence-electron chi connectivity index (χ2n) is 6.20. The first-order chi connectivity index (χ1) is 11.9. The van der Waals surface area contributed by atoms with Gasteiger partial charge in [0.15, 0.2) is 5.78 Å². The molecule has 2 aromatic carbocycles. The molecule has 3 rings (SSSR count). The van der Waals surface area contributed by atoms with Crippen LogP contribution >= 0.6 is 0 Å². The number of carbonyl (C=O) groups is 1. The summed E-state index contributed by atoms with van der Waals surface area (Å²) in [6.45, 7) is 7.86. The number of benzene rings is 2. The molecule has 1 aromatic heterocycles. The smallest absolute Gasteiger partial charge is 0.205 e. The number of hydrogen-bond donors (Lipinski definition) is 0. The third-order valence-electron chi connectivity index (χ3n) is 4.32. The van der Waals surface area contributed by atoms with Gasteiger partial charge in [0.2, 0.25) is 5.82 Å². The molecule has 0 spiro atoms. The highest BCUT2D eigenvalue weighted by Crippen LogP contribution is 2.24. The third-order valence-corrected chi connectivity index (χ3v) is 4.32. The van der Waals surface area contributed by atoms with Crippen molar-refractivity contribution in [1.29, 1.82) is 0 Å². The summed E-state index contributed by atoms with van der Waals surface area (Å²) in [5.41, 5.74) is 5.30. The number of halogens is 1. The number of carbonyl (C=O) groups excluding carboxylic acids is 1. The van der Waals surface area contributed by atoms with Gasteiger partial charge in [-0.2, -0.15) is 4.80 Å². The minimum atomic E-state index is -0.342. The van der Waals surface area contributed by atoms with Crippen molar-refractivity contribution in [2.75, 3.05) is 0 Å². The maximum atomic E-state index is 13.4. The number of Topliss-reactive ketones (excluding diaryl/α,β-unsaturated/α-hetero) is 1. The van der Waals surface area contributed by atoms with E-state index in [1.165, 1.54) is 16.9 Å². The monoisotopic (exact) mass is 338 g/mol. The van der Waals surface area contributed by atoms with E-state index in [1.54, 1.807) is 19.1 Å². The average Bonchev–Trinajstić information content (AvgIpc) is 2.99. The van der Waals surface area contributed by atoms with Gasteiger partial charge in [-0.3, -0.25) is 4.79 Å². The molecule has 0 unspecified atom stereocenters. The van der Waals surface area contributed by atoms with E-state index in [0.717, 1.165) is 27.8 Å².